The van der Waals surface area contributed by atoms with Crippen LogP contribution < -0.4 is 5.32 Å². The van der Waals surface area contributed by atoms with Gasteiger partial charge in [-0.05, 0) is 82.5 Å². The first-order chi connectivity index (χ1) is 18.3. The van der Waals surface area contributed by atoms with Crippen molar-refractivity contribution < 1.29 is 28.2 Å². The quantitative estimate of drug-likeness (QED) is 0.224. The first kappa shape index (κ1) is 27.2. The van der Waals surface area contributed by atoms with E-state index in [4.69, 9.17) is 0 Å². The summed E-state index contributed by atoms with van der Waals surface area (Å²) in [6.45, 7) is 3.70. The minimum Gasteiger partial charge on any atom is -0.481 e. The number of anilines is 2. The molecule has 1 aliphatic rings. The van der Waals surface area contributed by atoms with Crippen LogP contribution >= 0.6 is 22.7 Å². The first-order valence-corrected chi connectivity index (χ1v) is 13.9. The molecule has 1 saturated carbocycles. The van der Waals surface area contributed by atoms with Gasteiger partial charge in [-0.25, -0.2) is 15.0 Å². The van der Waals surface area contributed by atoms with Crippen LogP contribution in [0.4, 0.5) is 24.8 Å². The molecule has 4 aromatic rings. The highest BCUT2D eigenvalue weighted by Gasteiger charge is 2.49. The third-order valence-corrected chi connectivity index (χ3v) is 8.94. The van der Waals surface area contributed by atoms with E-state index in [1.165, 1.54) is 22.7 Å². The van der Waals surface area contributed by atoms with Gasteiger partial charge in [0.2, 0.25) is 5.95 Å². The van der Waals surface area contributed by atoms with Gasteiger partial charge >= 0.3 is 12.1 Å². The fraction of sp³-hybridized carbons (Fsp3) is 0.333. The molecule has 1 aliphatic carbocycles. The average Bonchev–Trinajstić information content (AvgIpc) is 3.56. The molecule has 5 rings (SSSR count). The molecule has 0 saturated heterocycles. The van der Waals surface area contributed by atoms with Crippen molar-refractivity contribution in [3.8, 4) is 21.6 Å². The van der Waals surface area contributed by atoms with Gasteiger partial charge in [-0.3, -0.25) is 4.79 Å². The molecule has 0 amide bonds. The lowest BCUT2D eigenvalue weighted by Crippen LogP contribution is -2.44. The molecule has 2 atom stereocenters. The molecule has 39 heavy (non-hydrogen) atoms. The van der Waals surface area contributed by atoms with Gasteiger partial charge < -0.3 is 15.5 Å². The van der Waals surface area contributed by atoms with Crippen molar-refractivity contribution in [1.82, 2.24) is 15.0 Å². The number of alkyl halides is 3. The van der Waals surface area contributed by atoms with Gasteiger partial charge in [0.15, 0.2) is 0 Å². The highest BCUT2D eigenvalue weighted by atomic mass is 32.1. The summed E-state index contributed by atoms with van der Waals surface area (Å²) < 4.78 is 39.5. The Morgan fingerprint density at radius 3 is 2.56 bits per heavy atom. The summed E-state index contributed by atoms with van der Waals surface area (Å²) in [5.74, 6) is -1.60. The maximum absolute atomic E-state index is 13.2. The molecule has 204 valence electrons. The van der Waals surface area contributed by atoms with E-state index in [1.807, 2.05) is 36.7 Å². The van der Waals surface area contributed by atoms with Crippen molar-refractivity contribution in [3.63, 3.8) is 0 Å². The number of hydrogen-bond donors (Lipinski definition) is 3. The Hall–Kier alpha value is -3.35. The van der Waals surface area contributed by atoms with Gasteiger partial charge in [-0.1, -0.05) is 13.8 Å². The number of nitrogens with zero attached hydrogens (tertiary/aromatic N) is 3. The predicted molar refractivity (Wildman–Crippen MR) is 144 cm³/mol. The smallest absolute Gasteiger partial charge is 0.433 e. The summed E-state index contributed by atoms with van der Waals surface area (Å²) in [6, 6.07) is 8.28. The molecule has 3 heterocycles. The minimum atomic E-state index is -4.60. The number of benzene rings is 1. The van der Waals surface area contributed by atoms with Gasteiger partial charge in [-0.2, -0.15) is 24.5 Å². The zero-order valence-corrected chi connectivity index (χ0v) is 22.6. The second kappa shape index (κ2) is 10.00. The van der Waals surface area contributed by atoms with Crippen molar-refractivity contribution in [2.75, 3.05) is 5.32 Å². The maximum atomic E-state index is 13.2. The van der Waals surface area contributed by atoms with Crippen molar-refractivity contribution in [3.05, 3.63) is 64.2 Å². The summed E-state index contributed by atoms with van der Waals surface area (Å²) in [7, 11) is 0. The third-order valence-electron chi connectivity index (χ3n) is 7.01. The summed E-state index contributed by atoms with van der Waals surface area (Å²) in [6.07, 6.45) is -0.995. The average molecular weight is 575 g/mol. The molecular formula is C27H25F3N4O3S2. The van der Waals surface area contributed by atoms with Crippen LogP contribution in [-0.2, 0) is 16.6 Å². The van der Waals surface area contributed by atoms with Crippen LogP contribution in [0.1, 0.15) is 43.8 Å². The number of carboxylic acid groups (broad SMARTS) is 1. The first-order valence-electron chi connectivity index (χ1n) is 12.1. The number of thiophene rings is 1. The van der Waals surface area contributed by atoms with Gasteiger partial charge in [0.05, 0.1) is 10.8 Å². The number of halogens is 3. The van der Waals surface area contributed by atoms with Crippen LogP contribution in [-0.4, -0.2) is 31.1 Å². The van der Waals surface area contributed by atoms with Crippen LogP contribution in [0.25, 0.3) is 21.6 Å². The van der Waals surface area contributed by atoms with E-state index in [2.05, 4.69) is 20.3 Å². The monoisotopic (exact) mass is 574 g/mol. The maximum Gasteiger partial charge on any atom is 0.433 e. The number of rotatable bonds is 6. The van der Waals surface area contributed by atoms with Crippen LogP contribution in [0.2, 0.25) is 0 Å². The Bertz CT molecular complexity index is 1500. The Kier molecular flexibility index (Phi) is 6.98. The minimum absolute atomic E-state index is 0.185. The van der Waals surface area contributed by atoms with Crippen molar-refractivity contribution in [1.29, 1.82) is 0 Å². The second-order valence-electron chi connectivity index (χ2n) is 10.4. The number of carbonyl (C=O) groups is 1. The third kappa shape index (κ3) is 5.68. The standard InChI is InChI=1S/C27H25F3N4O3S2/c1-25(2)14-26(37,6-3-19(25)22(35)36)23-32-12-20(39-23)17-9-16(15-5-8-38-13-15)10-18(11-17)33-24-31-7-4-21(34-24)27(28,29)30/h4-5,7-13,19,37H,3,6,14H2,1-2H3,(H,35,36)(H,31,33,34). The van der Waals surface area contributed by atoms with Crippen molar-refractivity contribution in [2.45, 2.75) is 44.9 Å². The van der Waals surface area contributed by atoms with E-state index in [-0.39, 0.29) is 18.8 Å². The van der Waals surface area contributed by atoms with E-state index < -0.39 is 34.8 Å². The van der Waals surface area contributed by atoms with Crippen molar-refractivity contribution >= 4 is 40.3 Å². The number of nitrogens with one attached hydrogen (secondary N) is 1. The van der Waals surface area contributed by atoms with Crippen LogP contribution in [0.5, 0.6) is 0 Å². The highest BCUT2D eigenvalue weighted by molar-refractivity contribution is 7.15. The van der Waals surface area contributed by atoms with Gasteiger partial charge in [0, 0.05) is 18.1 Å². The van der Waals surface area contributed by atoms with Crippen LogP contribution in [0.15, 0.2) is 53.5 Å². The Morgan fingerprint density at radius 1 is 1.13 bits per heavy atom. The molecule has 2 unspecified atom stereocenters. The largest absolute Gasteiger partial charge is 0.481 e. The zero-order chi connectivity index (χ0) is 28.0. The second-order valence-corrected chi connectivity index (χ2v) is 12.2. The number of thiazole rings is 1. The lowest BCUT2D eigenvalue weighted by molar-refractivity contribution is -0.154. The van der Waals surface area contributed by atoms with Gasteiger partial charge in [0.25, 0.3) is 0 Å². The van der Waals surface area contributed by atoms with E-state index in [0.29, 0.717) is 17.1 Å². The van der Waals surface area contributed by atoms with E-state index in [9.17, 15) is 28.2 Å². The molecule has 1 fully saturated rings. The summed E-state index contributed by atoms with van der Waals surface area (Å²) in [5.41, 5.74) is 0.0906. The van der Waals surface area contributed by atoms with Crippen LogP contribution in [0, 0.1) is 11.3 Å². The van der Waals surface area contributed by atoms with E-state index in [1.54, 1.807) is 18.3 Å². The van der Waals surface area contributed by atoms with Gasteiger partial charge in [-0.15, -0.1) is 11.3 Å². The molecule has 0 spiro atoms. The highest BCUT2D eigenvalue weighted by Crippen LogP contribution is 2.51. The summed E-state index contributed by atoms with van der Waals surface area (Å²) in [4.78, 5) is 24.5. The molecule has 3 N–H and O–H groups in total. The number of aromatic nitrogens is 3. The fourth-order valence-electron chi connectivity index (χ4n) is 5.15. The molecule has 0 aliphatic heterocycles. The molecule has 7 nitrogen and oxygen atoms in total. The molecule has 0 radical (unpaired) electrons. The predicted octanol–water partition coefficient (Wildman–Crippen LogP) is 7.19. The van der Waals surface area contributed by atoms with Gasteiger partial charge in [0.1, 0.15) is 16.3 Å². The Balaban J connectivity index is 1.49. The normalized spacial score (nSPS) is 21.0. The van der Waals surface area contributed by atoms with Crippen LogP contribution in [0.3, 0.4) is 0 Å². The Labute approximate surface area is 230 Å². The van der Waals surface area contributed by atoms with Crippen molar-refractivity contribution in [2.24, 2.45) is 11.3 Å². The molecular weight excluding hydrogens is 549 g/mol. The topological polar surface area (TPSA) is 108 Å². The number of aliphatic carboxylic acids is 1. The summed E-state index contributed by atoms with van der Waals surface area (Å²) in [5, 5.41) is 28.4. The zero-order valence-electron chi connectivity index (χ0n) is 21.0. The summed E-state index contributed by atoms with van der Waals surface area (Å²) >= 11 is 2.83. The Morgan fingerprint density at radius 2 is 1.90 bits per heavy atom. The number of aliphatic hydroxyl groups is 1. The molecule has 12 heteroatoms. The molecule has 1 aromatic carbocycles. The van der Waals surface area contributed by atoms with E-state index >= 15 is 0 Å². The number of carboxylic acids is 1. The lowest BCUT2D eigenvalue weighted by Gasteiger charge is -2.44. The molecule has 0 bridgehead atoms. The number of hydrogen-bond acceptors (Lipinski definition) is 8. The molecule has 3 aromatic heterocycles. The van der Waals surface area contributed by atoms with E-state index in [0.717, 1.165) is 33.8 Å². The SMILES string of the molecule is CC1(C)CC(O)(c2ncc(-c3cc(Nc4nccc(C(F)(F)F)n4)cc(-c4ccsc4)c3)s2)CCC1C(=O)O. The lowest BCUT2D eigenvalue weighted by atomic mass is 9.63. The fourth-order valence-corrected chi connectivity index (χ4v) is 6.83.